The van der Waals surface area contributed by atoms with Gasteiger partial charge in [0.1, 0.15) is 5.69 Å². The first-order chi connectivity index (χ1) is 12.4. The van der Waals surface area contributed by atoms with E-state index >= 15 is 0 Å². The van der Waals surface area contributed by atoms with Crippen LogP contribution in [-0.4, -0.2) is 21.0 Å². The van der Waals surface area contributed by atoms with E-state index in [-0.39, 0.29) is 29.4 Å². The van der Waals surface area contributed by atoms with E-state index in [1.54, 1.807) is 0 Å². The Hall–Kier alpha value is -3.75. The summed E-state index contributed by atoms with van der Waals surface area (Å²) in [6, 6.07) is 11.2. The molecule has 0 amide bonds. The number of nitro groups is 1. The van der Waals surface area contributed by atoms with Gasteiger partial charge in [-0.05, 0) is 31.2 Å². The summed E-state index contributed by atoms with van der Waals surface area (Å²) >= 11 is 0. The lowest BCUT2D eigenvalue weighted by Crippen LogP contribution is -2.07. The maximum Gasteiger partial charge on any atom is 0.338 e. The zero-order valence-corrected chi connectivity index (χ0v) is 13.7. The van der Waals surface area contributed by atoms with Gasteiger partial charge in [0.05, 0.1) is 10.5 Å². The van der Waals surface area contributed by atoms with Crippen molar-refractivity contribution >= 4 is 17.3 Å². The molecule has 9 heteroatoms. The van der Waals surface area contributed by atoms with Gasteiger partial charge in [-0.2, -0.15) is 4.98 Å². The summed E-state index contributed by atoms with van der Waals surface area (Å²) < 4.78 is 10.2. The van der Waals surface area contributed by atoms with Crippen molar-refractivity contribution < 1.29 is 19.0 Å². The number of nitro benzene ring substituents is 1. The molecule has 3 rings (SSSR count). The molecule has 0 radical (unpaired) electrons. The van der Waals surface area contributed by atoms with E-state index in [1.807, 2.05) is 31.2 Å². The van der Waals surface area contributed by atoms with Gasteiger partial charge in [0.2, 0.25) is 5.82 Å². The predicted molar refractivity (Wildman–Crippen MR) is 91.1 cm³/mol. The van der Waals surface area contributed by atoms with E-state index in [0.29, 0.717) is 5.89 Å². The zero-order chi connectivity index (χ0) is 18.7. The van der Waals surface area contributed by atoms with Crippen LogP contribution >= 0.6 is 0 Å². The lowest BCUT2D eigenvalue weighted by atomic mass is 10.1. The summed E-state index contributed by atoms with van der Waals surface area (Å²) in [4.78, 5) is 26.4. The average Bonchev–Trinajstić information content (AvgIpc) is 3.09. The molecule has 132 valence electrons. The second-order valence-corrected chi connectivity index (χ2v) is 5.49. The molecule has 3 aromatic rings. The van der Waals surface area contributed by atoms with Crippen molar-refractivity contribution in [1.82, 2.24) is 10.1 Å². The van der Waals surface area contributed by atoms with Crippen molar-refractivity contribution in [2.45, 2.75) is 13.5 Å². The second kappa shape index (κ2) is 7.01. The summed E-state index contributed by atoms with van der Waals surface area (Å²) in [5, 5.41) is 14.6. The number of nitrogen functional groups attached to an aromatic ring is 1. The number of aromatic nitrogens is 2. The number of carbonyl (C=O) groups excluding carboxylic acids is 1. The number of benzene rings is 2. The first-order valence-corrected chi connectivity index (χ1v) is 7.54. The average molecular weight is 354 g/mol. The molecule has 1 aromatic heterocycles. The number of hydrogen-bond acceptors (Lipinski definition) is 8. The molecule has 0 spiro atoms. The molecule has 0 atom stereocenters. The Labute approximate surface area is 147 Å². The fourth-order valence-electron chi connectivity index (χ4n) is 2.17. The number of anilines is 1. The van der Waals surface area contributed by atoms with Crippen LogP contribution in [-0.2, 0) is 11.3 Å². The van der Waals surface area contributed by atoms with Gasteiger partial charge in [-0.3, -0.25) is 10.1 Å². The fraction of sp³-hybridized carbons (Fsp3) is 0.118. The number of carbonyl (C=O) groups is 1. The van der Waals surface area contributed by atoms with E-state index in [1.165, 1.54) is 12.1 Å². The topological polar surface area (TPSA) is 134 Å². The lowest BCUT2D eigenvalue weighted by Gasteiger charge is -2.03. The quantitative estimate of drug-likeness (QED) is 0.320. The molecule has 9 nitrogen and oxygen atoms in total. The third kappa shape index (κ3) is 3.66. The molecule has 1 heterocycles. The molecule has 2 N–H and O–H groups in total. The fourth-order valence-corrected chi connectivity index (χ4v) is 2.17. The van der Waals surface area contributed by atoms with Gasteiger partial charge in [-0.1, -0.05) is 22.9 Å². The third-order valence-electron chi connectivity index (χ3n) is 3.56. The predicted octanol–water partition coefficient (Wildman–Crippen LogP) is 2.89. The first-order valence-electron chi connectivity index (χ1n) is 7.54. The Morgan fingerprint density at radius 3 is 2.69 bits per heavy atom. The Morgan fingerprint density at radius 2 is 2.00 bits per heavy atom. The van der Waals surface area contributed by atoms with Crippen LogP contribution in [0.3, 0.4) is 0 Å². The minimum atomic E-state index is -0.755. The standard InChI is InChI=1S/C17H14N4O5/c1-10-2-4-11(5-3-10)16-19-15(20-26-16)9-25-17(22)12-6-7-13(18)14(8-12)21(23)24/h2-8H,9,18H2,1H3. The molecule has 0 bridgehead atoms. The number of aryl methyl sites for hydroxylation is 1. The molecule has 26 heavy (non-hydrogen) atoms. The molecule has 0 aliphatic heterocycles. The molecule has 0 saturated carbocycles. The Balaban J connectivity index is 1.68. The van der Waals surface area contributed by atoms with Crippen molar-refractivity contribution in [3.05, 3.63) is 69.5 Å². The lowest BCUT2D eigenvalue weighted by molar-refractivity contribution is -0.383. The van der Waals surface area contributed by atoms with Crippen LogP contribution < -0.4 is 5.73 Å². The van der Waals surface area contributed by atoms with Crippen LogP contribution in [0.15, 0.2) is 47.0 Å². The zero-order valence-electron chi connectivity index (χ0n) is 13.7. The van der Waals surface area contributed by atoms with Crippen LogP contribution in [0.2, 0.25) is 0 Å². The smallest absolute Gasteiger partial charge is 0.338 e. The molecule has 0 unspecified atom stereocenters. The summed E-state index contributed by atoms with van der Waals surface area (Å²) in [6.07, 6.45) is 0. The van der Waals surface area contributed by atoms with Crippen molar-refractivity contribution in [3.8, 4) is 11.5 Å². The highest BCUT2D eigenvalue weighted by atomic mass is 16.6. The van der Waals surface area contributed by atoms with E-state index < -0.39 is 10.9 Å². The molecule has 0 aliphatic rings. The van der Waals surface area contributed by atoms with Crippen molar-refractivity contribution in [1.29, 1.82) is 0 Å². The van der Waals surface area contributed by atoms with Gasteiger partial charge in [-0.25, -0.2) is 4.79 Å². The van der Waals surface area contributed by atoms with Crippen LogP contribution in [0.5, 0.6) is 0 Å². The van der Waals surface area contributed by atoms with Gasteiger partial charge in [-0.15, -0.1) is 0 Å². The van der Waals surface area contributed by atoms with Crippen LogP contribution in [0.4, 0.5) is 11.4 Å². The summed E-state index contributed by atoms with van der Waals surface area (Å²) in [5.74, 6) is -0.271. The van der Waals surface area contributed by atoms with E-state index in [9.17, 15) is 14.9 Å². The van der Waals surface area contributed by atoms with Gasteiger partial charge >= 0.3 is 5.97 Å². The Bertz CT molecular complexity index is 966. The number of ether oxygens (including phenoxy) is 1. The highest BCUT2D eigenvalue weighted by Crippen LogP contribution is 2.23. The van der Waals surface area contributed by atoms with Crippen LogP contribution in [0.1, 0.15) is 21.7 Å². The number of nitrogens with two attached hydrogens (primary N) is 1. The van der Waals surface area contributed by atoms with Gasteiger partial charge < -0.3 is 15.0 Å². The Morgan fingerprint density at radius 1 is 1.27 bits per heavy atom. The van der Waals surface area contributed by atoms with Gasteiger partial charge in [0.15, 0.2) is 6.61 Å². The van der Waals surface area contributed by atoms with E-state index in [0.717, 1.165) is 17.2 Å². The first kappa shape index (κ1) is 17.1. The highest BCUT2D eigenvalue weighted by Gasteiger charge is 2.17. The monoisotopic (exact) mass is 354 g/mol. The summed E-state index contributed by atoms with van der Waals surface area (Å²) in [6.45, 7) is 1.73. The second-order valence-electron chi connectivity index (χ2n) is 5.49. The Kier molecular flexibility index (Phi) is 4.61. The number of esters is 1. The largest absolute Gasteiger partial charge is 0.454 e. The maximum absolute atomic E-state index is 12.0. The van der Waals surface area contributed by atoms with Crippen molar-refractivity contribution in [3.63, 3.8) is 0 Å². The maximum atomic E-state index is 12.0. The molecule has 2 aromatic carbocycles. The van der Waals surface area contributed by atoms with Crippen LogP contribution in [0, 0.1) is 17.0 Å². The van der Waals surface area contributed by atoms with Gasteiger partial charge in [0, 0.05) is 11.6 Å². The summed E-state index contributed by atoms with van der Waals surface area (Å²) in [5.41, 5.74) is 6.95. The molecule has 0 aliphatic carbocycles. The van der Waals surface area contributed by atoms with E-state index in [4.69, 9.17) is 15.0 Å². The number of hydrogen-bond donors (Lipinski definition) is 1. The molecular formula is C17H14N4O5. The summed E-state index contributed by atoms with van der Waals surface area (Å²) in [7, 11) is 0. The number of nitrogens with zero attached hydrogens (tertiary/aromatic N) is 3. The van der Waals surface area contributed by atoms with Crippen LogP contribution in [0.25, 0.3) is 11.5 Å². The van der Waals surface area contributed by atoms with Crippen molar-refractivity contribution in [2.24, 2.45) is 0 Å². The molecule has 0 fully saturated rings. The van der Waals surface area contributed by atoms with Crippen molar-refractivity contribution in [2.75, 3.05) is 5.73 Å². The SMILES string of the molecule is Cc1ccc(-c2nc(COC(=O)c3ccc(N)c([N+](=O)[O-])c3)no2)cc1. The third-order valence-corrected chi connectivity index (χ3v) is 3.56. The molecular weight excluding hydrogens is 340 g/mol. The minimum Gasteiger partial charge on any atom is -0.454 e. The number of rotatable bonds is 5. The van der Waals surface area contributed by atoms with E-state index in [2.05, 4.69) is 10.1 Å². The molecule has 0 saturated heterocycles. The highest BCUT2D eigenvalue weighted by molar-refractivity contribution is 5.91. The minimum absolute atomic E-state index is 0.00755. The normalized spacial score (nSPS) is 10.5. The van der Waals surface area contributed by atoms with Gasteiger partial charge in [0.25, 0.3) is 11.6 Å².